The number of esters is 1. The predicted octanol–water partition coefficient (Wildman–Crippen LogP) is 2.77. The van der Waals surface area contributed by atoms with E-state index in [2.05, 4.69) is 13.8 Å². The minimum Gasteiger partial charge on any atom is -0.459 e. The Morgan fingerprint density at radius 2 is 1.94 bits per heavy atom. The molecule has 4 saturated carbocycles. The van der Waals surface area contributed by atoms with Crippen LogP contribution in [0.5, 0.6) is 0 Å². The first-order chi connectivity index (χ1) is 15.6. The van der Waals surface area contributed by atoms with E-state index in [0.717, 1.165) is 37.7 Å². The van der Waals surface area contributed by atoms with Crippen molar-refractivity contribution in [1.82, 2.24) is 0 Å². The van der Waals surface area contributed by atoms with Crippen LogP contribution >= 0.6 is 0 Å². The summed E-state index contributed by atoms with van der Waals surface area (Å²) in [5.74, 6) is 0.0276. The lowest BCUT2D eigenvalue weighted by Gasteiger charge is -2.62. The standard InChI is InChI=1S/C26H34O7/c1-13(27)32-22-20(14-4-5-19(30)31-12-14)25(3)9-7-17-21(26(25)23(22)33-26)18(29)11-15-10-16(28)6-8-24(15,17)2/h4-5,12,15-18,20-23,28-29H,6-11H2,1-3H3. The summed E-state index contributed by atoms with van der Waals surface area (Å²) in [5.41, 5.74) is -0.444. The molecule has 5 aliphatic rings. The molecule has 7 nitrogen and oxygen atoms in total. The Morgan fingerprint density at radius 3 is 2.64 bits per heavy atom. The van der Waals surface area contributed by atoms with Gasteiger partial charge in [-0.1, -0.05) is 13.8 Å². The molecule has 0 bridgehead atoms. The number of hydrogen-bond acceptors (Lipinski definition) is 7. The second-order valence-corrected chi connectivity index (χ2v) is 11.8. The molecule has 1 aromatic heterocycles. The number of rotatable bonds is 2. The summed E-state index contributed by atoms with van der Waals surface area (Å²) in [6, 6.07) is 3.20. The van der Waals surface area contributed by atoms with Crippen molar-refractivity contribution in [2.24, 2.45) is 28.6 Å². The van der Waals surface area contributed by atoms with E-state index in [0.29, 0.717) is 18.3 Å². The Kier molecular flexibility index (Phi) is 4.57. The van der Waals surface area contributed by atoms with Crippen LogP contribution in [0.2, 0.25) is 0 Å². The SMILES string of the molecule is CC(=O)OC1C(c2ccc(=O)oc2)C2(C)CCC3C(C(O)CC4CC(O)CCC43C)C23OC13. The lowest BCUT2D eigenvalue weighted by atomic mass is 9.43. The summed E-state index contributed by atoms with van der Waals surface area (Å²) in [4.78, 5) is 23.7. The molecule has 33 heavy (non-hydrogen) atoms. The van der Waals surface area contributed by atoms with Gasteiger partial charge in [0.15, 0.2) is 0 Å². The Morgan fingerprint density at radius 1 is 1.15 bits per heavy atom. The van der Waals surface area contributed by atoms with E-state index in [1.165, 1.54) is 19.3 Å². The third-order valence-corrected chi connectivity index (χ3v) is 10.5. The molecule has 1 spiro atoms. The van der Waals surface area contributed by atoms with E-state index in [-0.39, 0.29) is 40.8 Å². The van der Waals surface area contributed by atoms with Crippen LogP contribution in [-0.4, -0.2) is 46.2 Å². The highest BCUT2D eigenvalue weighted by molar-refractivity contribution is 5.66. The average molecular weight is 459 g/mol. The molecular weight excluding hydrogens is 424 g/mol. The van der Waals surface area contributed by atoms with Gasteiger partial charge in [-0.3, -0.25) is 4.79 Å². The highest BCUT2D eigenvalue weighted by Crippen LogP contribution is 2.78. The van der Waals surface area contributed by atoms with E-state index in [9.17, 15) is 19.8 Å². The molecule has 5 fully saturated rings. The predicted molar refractivity (Wildman–Crippen MR) is 117 cm³/mol. The number of aliphatic hydroxyl groups is 2. The van der Waals surface area contributed by atoms with Gasteiger partial charge in [-0.15, -0.1) is 0 Å². The van der Waals surface area contributed by atoms with E-state index in [4.69, 9.17) is 13.9 Å². The van der Waals surface area contributed by atoms with Crippen molar-refractivity contribution in [3.05, 3.63) is 34.4 Å². The molecule has 2 N–H and O–H groups in total. The van der Waals surface area contributed by atoms with Gasteiger partial charge in [-0.05, 0) is 67.4 Å². The van der Waals surface area contributed by atoms with Gasteiger partial charge in [0, 0.05) is 30.2 Å². The van der Waals surface area contributed by atoms with Gasteiger partial charge in [0.05, 0.1) is 18.5 Å². The van der Waals surface area contributed by atoms with Crippen LogP contribution in [0.4, 0.5) is 0 Å². The van der Waals surface area contributed by atoms with Crippen LogP contribution < -0.4 is 5.63 Å². The number of ether oxygens (including phenoxy) is 2. The molecule has 0 amide bonds. The summed E-state index contributed by atoms with van der Waals surface area (Å²) >= 11 is 0. The molecule has 4 aliphatic carbocycles. The molecule has 1 aliphatic heterocycles. The summed E-state index contributed by atoms with van der Waals surface area (Å²) < 4.78 is 17.6. The fraction of sp³-hybridized carbons (Fsp3) is 0.769. The van der Waals surface area contributed by atoms with Crippen LogP contribution in [-0.2, 0) is 14.3 Å². The number of carbonyl (C=O) groups is 1. The molecule has 11 unspecified atom stereocenters. The number of carbonyl (C=O) groups excluding carboxylic acids is 1. The first kappa shape index (κ1) is 21.8. The minimum atomic E-state index is -0.569. The molecule has 11 atom stereocenters. The molecular formula is C26H34O7. The van der Waals surface area contributed by atoms with Crippen LogP contribution in [0, 0.1) is 28.6 Å². The lowest BCUT2D eigenvalue weighted by Crippen LogP contribution is -2.62. The van der Waals surface area contributed by atoms with Gasteiger partial charge in [0.2, 0.25) is 0 Å². The largest absolute Gasteiger partial charge is 0.459 e. The summed E-state index contributed by atoms with van der Waals surface area (Å²) in [7, 11) is 0. The highest BCUT2D eigenvalue weighted by Gasteiger charge is 2.85. The second kappa shape index (κ2) is 6.92. The van der Waals surface area contributed by atoms with E-state index in [1.54, 1.807) is 6.07 Å². The van der Waals surface area contributed by atoms with Gasteiger partial charge >= 0.3 is 11.6 Å². The van der Waals surface area contributed by atoms with Gasteiger partial charge in [0.1, 0.15) is 17.8 Å². The van der Waals surface area contributed by atoms with Crippen molar-refractivity contribution in [3.63, 3.8) is 0 Å². The quantitative estimate of drug-likeness (QED) is 0.518. The van der Waals surface area contributed by atoms with E-state index >= 15 is 0 Å². The van der Waals surface area contributed by atoms with Gasteiger partial charge in [-0.2, -0.15) is 0 Å². The average Bonchev–Trinajstić information content (AvgIpc) is 3.45. The van der Waals surface area contributed by atoms with Gasteiger partial charge in [0.25, 0.3) is 0 Å². The van der Waals surface area contributed by atoms with Crippen LogP contribution in [0.1, 0.15) is 70.8 Å². The highest BCUT2D eigenvalue weighted by atomic mass is 16.7. The number of hydrogen-bond donors (Lipinski definition) is 2. The van der Waals surface area contributed by atoms with Crippen LogP contribution in [0.3, 0.4) is 0 Å². The maximum atomic E-state index is 12.1. The molecule has 1 aromatic rings. The zero-order valence-electron chi connectivity index (χ0n) is 19.5. The normalized spacial score (nSPS) is 52.2. The van der Waals surface area contributed by atoms with Crippen LogP contribution in [0.15, 0.2) is 27.6 Å². The molecule has 2 heterocycles. The maximum absolute atomic E-state index is 12.1. The van der Waals surface area contributed by atoms with Crippen molar-refractivity contribution in [2.75, 3.05) is 0 Å². The maximum Gasteiger partial charge on any atom is 0.335 e. The summed E-state index contributed by atoms with van der Waals surface area (Å²) in [6.45, 7) is 5.97. The smallest absolute Gasteiger partial charge is 0.335 e. The molecule has 1 saturated heterocycles. The van der Waals surface area contributed by atoms with Crippen molar-refractivity contribution < 1.29 is 28.9 Å². The fourth-order valence-electron chi connectivity index (χ4n) is 9.07. The second-order valence-electron chi connectivity index (χ2n) is 11.8. The molecule has 180 valence electrons. The molecule has 0 radical (unpaired) electrons. The Labute approximate surface area is 193 Å². The molecule has 7 heteroatoms. The lowest BCUT2D eigenvalue weighted by molar-refractivity contribution is -0.186. The zero-order valence-corrected chi connectivity index (χ0v) is 19.5. The minimum absolute atomic E-state index is 0.0449. The summed E-state index contributed by atoms with van der Waals surface area (Å²) in [5, 5.41) is 21.8. The molecule has 6 rings (SSSR count). The van der Waals surface area contributed by atoms with Crippen molar-refractivity contribution in [2.45, 2.75) is 95.2 Å². The van der Waals surface area contributed by atoms with Crippen molar-refractivity contribution in [3.8, 4) is 0 Å². The summed E-state index contributed by atoms with van der Waals surface area (Å²) in [6.07, 6.45) is 4.98. The topological polar surface area (TPSA) is 110 Å². The van der Waals surface area contributed by atoms with Gasteiger partial charge in [-0.25, -0.2) is 4.79 Å². The first-order valence-corrected chi connectivity index (χ1v) is 12.4. The van der Waals surface area contributed by atoms with Crippen LogP contribution in [0.25, 0.3) is 0 Å². The Hall–Kier alpha value is -1.70. The monoisotopic (exact) mass is 458 g/mol. The van der Waals surface area contributed by atoms with E-state index < -0.39 is 23.4 Å². The fourth-order valence-corrected chi connectivity index (χ4v) is 9.07. The first-order valence-electron chi connectivity index (χ1n) is 12.4. The zero-order chi connectivity index (χ0) is 23.3. The van der Waals surface area contributed by atoms with Crippen molar-refractivity contribution >= 4 is 5.97 Å². The number of epoxide rings is 1. The third kappa shape index (κ3) is 2.73. The number of fused-ring (bicyclic) bond motifs is 3. The Bertz CT molecular complexity index is 1020. The third-order valence-electron chi connectivity index (χ3n) is 10.5. The molecule has 0 aromatic carbocycles. The van der Waals surface area contributed by atoms with E-state index in [1.807, 2.05) is 0 Å². The van der Waals surface area contributed by atoms with Gasteiger partial charge < -0.3 is 24.1 Å². The number of aliphatic hydroxyl groups excluding tert-OH is 2. The Balaban J connectivity index is 1.44. The van der Waals surface area contributed by atoms with Crippen molar-refractivity contribution in [1.29, 1.82) is 0 Å².